The number of carbonyl (C=O) groups excluding carboxylic acids is 4. The molecule has 0 radical (unpaired) electrons. The average molecular weight is 437 g/mol. The van der Waals surface area contributed by atoms with Gasteiger partial charge in [0.25, 0.3) is 17.7 Å². The first-order chi connectivity index (χ1) is 14.9. The molecule has 0 spiro atoms. The number of hydrogen-bond acceptors (Lipinski definition) is 6. The summed E-state index contributed by atoms with van der Waals surface area (Å²) in [6, 6.07) is 11.6. The van der Waals surface area contributed by atoms with E-state index in [9.17, 15) is 19.2 Å². The van der Waals surface area contributed by atoms with Gasteiger partial charge in [0.2, 0.25) is 0 Å². The standard InChI is InChI=1S/C22H19N3O5S/c1-3-24-16-10-9-13(21(29)30-4-2)11-17(16)31-22(24)23-18(26)12-25-19(27)14-7-5-6-8-15(14)20(25)28/h5-11H,3-4,12H2,1-2H3. The summed E-state index contributed by atoms with van der Waals surface area (Å²) in [5, 5.41) is 0. The fourth-order valence-electron chi connectivity index (χ4n) is 3.47. The van der Waals surface area contributed by atoms with Crippen molar-refractivity contribution >= 4 is 45.2 Å². The van der Waals surface area contributed by atoms with Crippen LogP contribution in [0, 0.1) is 0 Å². The molecule has 9 heteroatoms. The largest absolute Gasteiger partial charge is 0.462 e. The summed E-state index contributed by atoms with van der Waals surface area (Å²) >= 11 is 1.25. The molecule has 0 N–H and O–H groups in total. The Labute approximate surface area is 181 Å². The third-order valence-corrected chi connectivity index (χ3v) is 5.94. The second kappa shape index (κ2) is 8.27. The van der Waals surface area contributed by atoms with Crippen LogP contribution in [0.3, 0.4) is 0 Å². The molecule has 0 atom stereocenters. The minimum atomic E-state index is -0.603. The zero-order valence-electron chi connectivity index (χ0n) is 17.0. The van der Waals surface area contributed by atoms with Crippen LogP contribution >= 0.6 is 11.3 Å². The van der Waals surface area contributed by atoms with Gasteiger partial charge >= 0.3 is 5.97 Å². The first-order valence-corrected chi connectivity index (χ1v) is 10.6. The summed E-state index contributed by atoms with van der Waals surface area (Å²) in [7, 11) is 0. The van der Waals surface area contributed by atoms with Gasteiger partial charge in [-0.2, -0.15) is 4.99 Å². The third-order valence-electron chi connectivity index (χ3n) is 4.90. The number of thiazole rings is 1. The van der Waals surface area contributed by atoms with E-state index in [-0.39, 0.29) is 17.7 Å². The summed E-state index contributed by atoms with van der Waals surface area (Å²) in [4.78, 5) is 55.1. The molecule has 158 valence electrons. The van der Waals surface area contributed by atoms with Crippen molar-refractivity contribution in [2.24, 2.45) is 4.99 Å². The zero-order valence-corrected chi connectivity index (χ0v) is 17.8. The lowest BCUT2D eigenvalue weighted by Gasteiger charge is -2.10. The van der Waals surface area contributed by atoms with Crippen molar-refractivity contribution in [3.63, 3.8) is 0 Å². The van der Waals surface area contributed by atoms with Crippen LogP contribution in [0.2, 0.25) is 0 Å². The molecule has 2 aromatic carbocycles. The Balaban J connectivity index is 1.64. The molecule has 4 rings (SSSR count). The van der Waals surface area contributed by atoms with E-state index >= 15 is 0 Å². The Bertz CT molecular complexity index is 1270. The highest BCUT2D eigenvalue weighted by atomic mass is 32.1. The van der Waals surface area contributed by atoms with Crippen LogP contribution in [0.15, 0.2) is 47.5 Å². The molecule has 31 heavy (non-hydrogen) atoms. The van der Waals surface area contributed by atoms with Gasteiger partial charge in [-0.05, 0) is 44.2 Å². The molecular weight excluding hydrogens is 418 g/mol. The number of nitrogens with zero attached hydrogens (tertiary/aromatic N) is 3. The molecule has 0 unspecified atom stereocenters. The van der Waals surface area contributed by atoms with Gasteiger partial charge in [0.15, 0.2) is 4.80 Å². The molecule has 0 saturated heterocycles. The van der Waals surface area contributed by atoms with Gasteiger partial charge in [-0.15, -0.1) is 0 Å². The molecule has 3 amide bonds. The number of fused-ring (bicyclic) bond motifs is 2. The first kappa shape index (κ1) is 20.7. The number of carbonyl (C=O) groups is 4. The number of imide groups is 1. The van der Waals surface area contributed by atoms with Crippen molar-refractivity contribution < 1.29 is 23.9 Å². The van der Waals surface area contributed by atoms with E-state index in [0.29, 0.717) is 16.9 Å². The van der Waals surface area contributed by atoms with Crippen LogP contribution < -0.4 is 4.80 Å². The molecular formula is C22H19N3O5S. The molecule has 0 aliphatic carbocycles. The molecule has 1 aliphatic heterocycles. The van der Waals surface area contributed by atoms with Crippen LogP contribution in [0.4, 0.5) is 0 Å². The maximum Gasteiger partial charge on any atom is 0.338 e. The van der Waals surface area contributed by atoms with Gasteiger partial charge in [0, 0.05) is 6.54 Å². The van der Waals surface area contributed by atoms with E-state index in [1.807, 2.05) is 11.5 Å². The number of hydrogen-bond donors (Lipinski definition) is 0. The van der Waals surface area contributed by atoms with E-state index < -0.39 is 30.2 Å². The van der Waals surface area contributed by atoms with Crippen LogP contribution in [-0.4, -0.2) is 46.3 Å². The Kier molecular flexibility index (Phi) is 5.51. The van der Waals surface area contributed by atoms with E-state index in [2.05, 4.69) is 4.99 Å². The van der Waals surface area contributed by atoms with Gasteiger partial charge in [-0.25, -0.2) is 4.79 Å². The summed E-state index contributed by atoms with van der Waals surface area (Å²) < 4.78 is 7.66. The van der Waals surface area contributed by atoms with E-state index in [4.69, 9.17) is 4.74 Å². The lowest BCUT2D eigenvalue weighted by atomic mass is 10.1. The Morgan fingerprint density at radius 1 is 1.03 bits per heavy atom. The molecule has 1 aromatic heterocycles. The predicted molar refractivity (Wildman–Crippen MR) is 114 cm³/mol. The van der Waals surface area contributed by atoms with Gasteiger partial charge in [0.05, 0.1) is 33.5 Å². The minimum Gasteiger partial charge on any atom is -0.462 e. The summed E-state index contributed by atoms with van der Waals surface area (Å²) in [5.41, 5.74) is 1.82. The maximum atomic E-state index is 12.6. The van der Waals surface area contributed by atoms with E-state index in [0.717, 1.165) is 15.1 Å². The first-order valence-electron chi connectivity index (χ1n) is 9.77. The van der Waals surface area contributed by atoms with Gasteiger partial charge in [-0.3, -0.25) is 19.3 Å². The van der Waals surface area contributed by atoms with Crippen molar-refractivity contribution in [3.05, 3.63) is 64.0 Å². The second-order valence-corrected chi connectivity index (χ2v) is 7.79. The fraction of sp³-hybridized carbons (Fsp3) is 0.227. The van der Waals surface area contributed by atoms with Crippen LogP contribution in [0.1, 0.15) is 44.9 Å². The number of ether oxygens (including phenoxy) is 1. The summed E-state index contributed by atoms with van der Waals surface area (Å²) in [5.74, 6) is -2.01. The number of benzene rings is 2. The van der Waals surface area contributed by atoms with Crippen molar-refractivity contribution in [1.82, 2.24) is 9.47 Å². The van der Waals surface area contributed by atoms with E-state index in [1.54, 1.807) is 49.4 Å². The third kappa shape index (κ3) is 3.68. The molecule has 8 nitrogen and oxygen atoms in total. The predicted octanol–water partition coefficient (Wildman–Crippen LogP) is 2.62. The smallest absolute Gasteiger partial charge is 0.338 e. The Morgan fingerprint density at radius 3 is 2.32 bits per heavy atom. The van der Waals surface area contributed by atoms with Crippen molar-refractivity contribution in [1.29, 1.82) is 0 Å². The van der Waals surface area contributed by atoms with Crippen LogP contribution in [-0.2, 0) is 16.1 Å². The average Bonchev–Trinajstić information content (AvgIpc) is 3.23. The summed E-state index contributed by atoms with van der Waals surface area (Å²) in [6.45, 7) is 4.06. The number of aryl methyl sites for hydroxylation is 1. The fourth-order valence-corrected chi connectivity index (χ4v) is 4.62. The molecule has 1 aliphatic rings. The summed E-state index contributed by atoms with van der Waals surface area (Å²) in [6.07, 6.45) is 0. The van der Waals surface area contributed by atoms with E-state index in [1.165, 1.54) is 11.3 Å². The topological polar surface area (TPSA) is 98.0 Å². The van der Waals surface area contributed by atoms with Crippen LogP contribution in [0.25, 0.3) is 10.2 Å². The Morgan fingerprint density at radius 2 is 1.71 bits per heavy atom. The monoisotopic (exact) mass is 437 g/mol. The highest BCUT2D eigenvalue weighted by Crippen LogP contribution is 2.23. The molecule has 2 heterocycles. The van der Waals surface area contributed by atoms with Gasteiger partial charge in [-0.1, -0.05) is 23.5 Å². The quantitative estimate of drug-likeness (QED) is 0.451. The highest BCUT2D eigenvalue weighted by molar-refractivity contribution is 7.16. The SMILES string of the molecule is CCOC(=O)c1ccc2c(c1)sc(=NC(=O)CN1C(=O)c3ccccc3C1=O)n2CC. The zero-order chi connectivity index (χ0) is 22.1. The normalized spacial score (nSPS) is 13.7. The molecule has 3 aromatic rings. The van der Waals surface area contributed by atoms with Crippen LogP contribution in [0.5, 0.6) is 0 Å². The number of esters is 1. The van der Waals surface area contributed by atoms with Gasteiger partial charge < -0.3 is 9.30 Å². The Hall–Kier alpha value is -3.59. The highest BCUT2D eigenvalue weighted by Gasteiger charge is 2.36. The van der Waals surface area contributed by atoms with Crippen molar-refractivity contribution in [2.45, 2.75) is 20.4 Å². The maximum absolute atomic E-state index is 12.6. The van der Waals surface area contributed by atoms with Gasteiger partial charge in [0.1, 0.15) is 6.54 Å². The molecule has 0 bridgehead atoms. The molecule has 0 fully saturated rings. The van der Waals surface area contributed by atoms with Crippen molar-refractivity contribution in [3.8, 4) is 0 Å². The van der Waals surface area contributed by atoms with Crippen molar-refractivity contribution in [2.75, 3.05) is 13.2 Å². The number of aromatic nitrogens is 1. The lowest BCUT2D eigenvalue weighted by molar-refractivity contribution is -0.118. The molecule has 0 saturated carbocycles. The minimum absolute atomic E-state index is 0.281. The number of amides is 3. The number of rotatable bonds is 5. The lowest BCUT2D eigenvalue weighted by Crippen LogP contribution is -2.35. The second-order valence-electron chi connectivity index (χ2n) is 6.78.